The van der Waals surface area contributed by atoms with Gasteiger partial charge >= 0.3 is 0 Å². The molecule has 1 saturated heterocycles. The molecule has 208 valence electrons. The lowest BCUT2D eigenvalue weighted by Gasteiger charge is -2.31. The normalized spacial score (nSPS) is 21.7. The molecule has 0 spiro atoms. The van der Waals surface area contributed by atoms with Gasteiger partial charge in [-0.3, -0.25) is 10.3 Å². The second-order valence-corrected chi connectivity index (χ2v) is 10.4. The lowest BCUT2D eigenvalue weighted by Crippen LogP contribution is -2.36. The second-order valence-electron chi connectivity index (χ2n) is 10.4. The molecule has 2 fully saturated rings. The zero-order chi connectivity index (χ0) is 26.8. The first-order valence-electron chi connectivity index (χ1n) is 14.2. The van der Waals surface area contributed by atoms with Crippen molar-refractivity contribution in [3.8, 4) is 0 Å². The van der Waals surface area contributed by atoms with Crippen LogP contribution in [0.2, 0.25) is 0 Å². The van der Waals surface area contributed by atoms with E-state index < -0.39 is 0 Å². The van der Waals surface area contributed by atoms with E-state index in [2.05, 4.69) is 49.0 Å². The number of nitrogens with one attached hydrogen (secondary N) is 1. The van der Waals surface area contributed by atoms with Gasteiger partial charge in [-0.1, -0.05) is 39.7 Å². The zero-order valence-electron chi connectivity index (χ0n) is 23.7. The molecule has 0 amide bonds. The fourth-order valence-corrected chi connectivity index (χ4v) is 5.21. The molecule has 2 aliphatic heterocycles. The highest BCUT2D eigenvalue weighted by atomic mass is 16.5. The highest BCUT2D eigenvalue weighted by Crippen LogP contribution is 2.36. The maximum Gasteiger partial charge on any atom is 0.135 e. The molecule has 1 aliphatic carbocycles. The van der Waals surface area contributed by atoms with Gasteiger partial charge in [0.25, 0.3) is 0 Å². The minimum atomic E-state index is 0. The predicted molar refractivity (Wildman–Crippen MR) is 155 cm³/mol. The molecule has 7 heteroatoms. The number of aromatic nitrogens is 1. The SMILES string of the molecule is CC.CC1CCC([C@H](C)OC(C)C)CC1.ON1Cc2cccnc2Nc2ccc(N3CCOCC3)cc21.[HH]. The standard InChI is InChI=1S/C16H18N4O2.C12H24O.C2H6.H2/c21-20-11-12-2-1-5-17-16(12)18-14-4-3-13(10-15(14)20)19-6-8-22-9-7-19;1-9(2)13-11(4)12-7-5-10(3)6-8-12;1-2;/h1-5,10,21H,6-9,11H2,(H,17,18);9-12H,5-8H2,1-4H3;1-2H3;1H/t;10?,11-,12?;;/m.0../s1. The van der Waals surface area contributed by atoms with Gasteiger partial charge in [0, 0.05) is 32.0 Å². The van der Waals surface area contributed by atoms with Gasteiger partial charge < -0.3 is 19.7 Å². The van der Waals surface area contributed by atoms with Crippen LogP contribution >= 0.6 is 0 Å². The number of nitrogens with zero attached hydrogens (tertiary/aromatic N) is 3. The highest BCUT2D eigenvalue weighted by molar-refractivity contribution is 5.80. The number of morpholine rings is 1. The van der Waals surface area contributed by atoms with Gasteiger partial charge in [0.15, 0.2) is 0 Å². The molecular formula is C30H50N4O3. The third-order valence-electron chi connectivity index (χ3n) is 7.31. The van der Waals surface area contributed by atoms with Crippen LogP contribution in [0.3, 0.4) is 0 Å². The van der Waals surface area contributed by atoms with Crippen molar-refractivity contribution >= 4 is 22.9 Å². The summed E-state index contributed by atoms with van der Waals surface area (Å²) < 4.78 is 11.2. The molecule has 0 bridgehead atoms. The van der Waals surface area contributed by atoms with Crippen molar-refractivity contribution in [3.05, 3.63) is 42.1 Å². The first-order chi connectivity index (χ1) is 17.9. The summed E-state index contributed by atoms with van der Waals surface area (Å²) in [6, 6.07) is 9.92. The maximum atomic E-state index is 10.4. The van der Waals surface area contributed by atoms with Gasteiger partial charge in [0.1, 0.15) is 5.82 Å². The average molecular weight is 515 g/mol. The van der Waals surface area contributed by atoms with E-state index in [1.54, 1.807) is 6.20 Å². The van der Waals surface area contributed by atoms with Crippen LogP contribution in [0.4, 0.5) is 22.9 Å². The number of hydroxylamine groups is 1. The summed E-state index contributed by atoms with van der Waals surface area (Å²) in [4.78, 5) is 6.62. The van der Waals surface area contributed by atoms with Crippen molar-refractivity contribution in [1.29, 1.82) is 0 Å². The van der Waals surface area contributed by atoms with Crippen LogP contribution < -0.4 is 15.3 Å². The Labute approximate surface area is 225 Å². The molecule has 1 atom stereocenters. The lowest BCUT2D eigenvalue weighted by molar-refractivity contribution is -0.0271. The quantitative estimate of drug-likeness (QED) is 0.444. The number of hydrogen-bond acceptors (Lipinski definition) is 7. The number of anilines is 4. The second kappa shape index (κ2) is 14.6. The molecule has 0 radical (unpaired) electrons. The summed E-state index contributed by atoms with van der Waals surface area (Å²) in [6.45, 7) is 16.5. The Hall–Kier alpha value is -2.35. The third kappa shape index (κ3) is 8.32. The first-order valence-corrected chi connectivity index (χ1v) is 14.2. The summed E-state index contributed by atoms with van der Waals surface area (Å²) in [5, 5.41) is 15.0. The molecule has 2 aromatic rings. The summed E-state index contributed by atoms with van der Waals surface area (Å²) in [5.41, 5.74) is 3.69. The first kappa shape index (κ1) is 29.2. The van der Waals surface area contributed by atoms with Crippen molar-refractivity contribution < 1.29 is 16.1 Å². The number of pyridine rings is 1. The van der Waals surface area contributed by atoms with Crippen LogP contribution in [0, 0.1) is 11.8 Å². The van der Waals surface area contributed by atoms with Crippen molar-refractivity contribution in [2.45, 2.75) is 86.0 Å². The molecule has 5 rings (SSSR count). The topological polar surface area (TPSA) is 70.1 Å². The van der Waals surface area contributed by atoms with E-state index in [1.165, 1.54) is 30.7 Å². The predicted octanol–water partition coefficient (Wildman–Crippen LogP) is 7.27. The zero-order valence-corrected chi connectivity index (χ0v) is 23.7. The summed E-state index contributed by atoms with van der Waals surface area (Å²) in [6.07, 6.45) is 8.14. The molecule has 37 heavy (non-hydrogen) atoms. The number of hydrogen-bond donors (Lipinski definition) is 2. The van der Waals surface area contributed by atoms with Crippen molar-refractivity contribution in [3.63, 3.8) is 0 Å². The number of fused-ring (bicyclic) bond motifs is 2. The Balaban J connectivity index is 0.000000274. The summed E-state index contributed by atoms with van der Waals surface area (Å²) >= 11 is 0. The van der Waals surface area contributed by atoms with E-state index in [0.717, 1.165) is 66.6 Å². The fourth-order valence-electron chi connectivity index (χ4n) is 5.21. The monoisotopic (exact) mass is 514 g/mol. The Bertz CT molecular complexity index is 947. The number of rotatable bonds is 4. The van der Waals surface area contributed by atoms with Crippen LogP contribution in [0.5, 0.6) is 0 Å². The third-order valence-corrected chi connectivity index (χ3v) is 7.31. The molecule has 0 unspecified atom stereocenters. The highest BCUT2D eigenvalue weighted by Gasteiger charge is 2.24. The van der Waals surface area contributed by atoms with Crippen LogP contribution in [0.1, 0.15) is 74.2 Å². The van der Waals surface area contributed by atoms with Crippen LogP contribution in [0.15, 0.2) is 36.5 Å². The van der Waals surface area contributed by atoms with E-state index >= 15 is 0 Å². The van der Waals surface area contributed by atoms with Crippen molar-refractivity contribution in [1.82, 2.24) is 4.98 Å². The van der Waals surface area contributed by atoms with Gasteiger partial charge in [-0.2, -0.15) is 0 Å². The minimum absolute atomic E-state index is 0. The van der Waals surface area contributed by atoms with Gasteiger partial charge in [-0.25, -0.2) is 4.98 Å². The largest absolute Gasteiger partial charge is 0.378 e. The lowest BCUT2D eigenvalue weighted by atomic mass is 9.80. The molecule has 3 heterocycles. The number of ether oxygens (including phenoxy) is 2. The van der Waals surface area contributed by atoms with Gasteiger partial charge in [0.05, 0.1) is 43.3 Å². The van der Waals surface area contributed by atoms with E-state index in [0.29, 0.717) is 18.8 Å². The van der Waals surface area contributed by atoms with Crippen LogP contribution in [-0.2, 0) is 16.0 Å². The van der Waals surface area contributed by atoms with E-state index in [1.807, 2.05) is 38.1 Å². The number of benzene rings is 1. The van der Waals surface area contributed by atoms with E-state index in [-0.39, 0.29) is 1.43 Å². The minimum Gasteiger partial charge on any atom is -0.378 e. The van der Waals surface area contributed by atoms with Gasteiger partial charge in [0.2, 0.25) is 0 Å². The van der Waals surface area contributed by atoms with Crippen LogP contribution in [0.25, 0.3) is 0 Å². The summed E-state index contributed by atoms with van der Waals surface area (Å²) in [7, 11) is 0. The van der Waals surface area contributed by atoms with Gasteiger partial charge in [-0.05, 0) is 69.7 Å². The van der Waals surface area contributed by atoms with E-state index in [4.69, 9.17) is 9.47 Å². The van der Waals surface area contributed by atoms with Crippen molar-refractivity contribution in [2.75, 3.05) is 41.6 Å². The summed E-state index contributed by atoms with van der Waals surface area (Å²) in [5.74, 6) is 2.56. The van der Waals surface area contributed by atoms with Gasteiger partial charge in [-0.15, -0.1) is 0 Å². The molecule has 7 nitrogen and oxygen atoms in total. The molecule has 3 aliphatic rings. The Kier molecular flexibility index (Phi) is 11.5. The molecule has 1 aromatic carbocycles. The average Bonchev–Trinajstić information content (AvgIpc) is 3.06. The Morgan fingerprint density at radius 3 is 2.46 bits per heavy atom. The maximum absolute atomic E-state index is 10.4. The Morgan fingerprint density at radius 1 is 1.08 bits per heavy atom. The van der Waals surface area contributed by atoms with Crippen molar-refractivity contribution in [2.24, 2.45) is 11.8 Å². The smallest absolute Gasteiger partial charge is 0.135 e. The van der Waals surface area contributed by atoms with E-state index in [9.17, 15) is 5.21 Å². The molecular weight excluding hydrogens is 464 g/mol. The van der Waals surface area contributed by atoms with Crippen LogP contribution in [-0.4, -0.2) is 48.7 Å². The molecule has 1 aromatic heterocycles. The Morgan fingerprint density at radius 2 is 1.78 bits per heavy atom. The molecule has 2 N–H and O–H groups in total. The fraction of sp³-hybridized carbons (Fsp3) is 0.633. The molecule has 1 saturated carbocycles.